The van der Waals surface area contributed by atoms with E-state index in [1.807, 2.05) is 0 Å². The average molecular weight is 155 g/mol. The van der Waals surface area contributed by atoms with E-state index in [0.717, 1.165) is 31.6 Å². The SMILES string of the molecule is CC(=O)NCC1C2COCC12. The van der Waals surface area contributed by atoms with E-state index in [9.17, 15) is 4.79 Å². The van der Waals surface area contributed by atoms with Crippen LogP contribution in [0, 0.1) is 17.8 Å². The van der Waals surface area contributed by atoms with Gasteiger partial charge < -0.3 is 10.1 Å². The highest BCUT2D eigenvalue weighted by atomic mass is 16.5. The highest BCUT2D eigenvalue weighted by Gasteiger charge is 2.53. The molecule has 2 fully saturated rings. The van der Waals surface area contributed by atoms with Crippen LogP contribution in [-0.2, 0) is 9.53 Å². The zero-order valence-electron chi connectivity index (χ0n) is 6.67. The molecule has 0 bridgehead atoms. The Bertz CT molecular complexity index is 171. The molecule has 2 aliphatic rings. The molecule has 2 atom stereocenters. The minimum absolute atomic E-state index is 0.0795. The van der Waals surface area contributed by atoms with Crippen molar-refractivity contribution in [3.05, 3.63) is 0 Å². The fraction of sp³-hybridized carbons (Fsp3) is 0.875. The molecule has 1 aliphatic heterocycles. The summed E-state index contributed by atoms with van der Waals surface area (Å²) in [5.74, 6) is 2.30. The summed E-state index contributed by atoms with van der Waals surface area (Å²) in [7, 11) is 0. The second-order valence-corrected chi connectivity index (χ2v) is 3.47. The van der Waals surface area contributed by atoms with Crippen LogP contribution in [0.25, 0.3) is 0 Å². The third kappa shape index (κ3) is 1.25. The number of rotatable bonds is 2. The van der Waals surface area contributed by atoms with Crippen LogP contribution in [0.1, 0.15) is 6.92 Å². The molecule has 0 spiro atoms. The first kappa shape index (κ1) is 7.10. The topological polar surface area (TPSA) is 38.3 Å². The van der Waals surface area contributed by atoms with Gasteiger partial charge in [0.05, 0.1) is 13.2 Å². The molecule has 1 N–H and O–H groups in total. The lowest BCUT2D eigenvalue weighted by atomic mass is 10.3. The Kier molecular flexibility index (Phi) is 1.60. The van der Waals surface area contributed by atoms with E-state index in [0.29, 0.717) is 5.92 Å². The van der Waals surface area contributed by atoms with E-state index < -0.39 is 0 Å². The molecule has 3 nitrogen and oxygen atoms in total. The number of carbonyl (C=O) groups excluding carboxylic acids is 1. The molecule has 1 aliphatic carbocycles. The molecule has 1 heterocycles. The first-order valence-electron chi connectivity index (χ1n) is 4.11. The van der Waals surface area contributed by atoms with Crippen molar-refractivity contribution in [3.63, 3.8) is 0 Å². The number of hydrogen-bond donors (Lipinski definition) is 1. The zero-order valence-corrected chi connectivity index (χ0v) is 6.67. The lowest BCUT2D eigenvalue weighted by Crippen LogP contribution is -2.24. The zero-order chi connectivity index (χ0) is 7.84. The molecule has 62 valence electrons. The van der Waals surface area contributed by atoms with Crippen LogP contribution in [0.5, 0.6) is 0 Å². The van der Waals surface area contributed by atoms with Crippen LogP contribution in [0.15, 0.2) is 0 Å². The van der Waals surface area contributed by atoms with E-state index in [-0.39, 0.29) is 5.91 Å². The van der Waals surface area contributed by atoms with Gasteiger partial charge in [0, 0.05) is 13.5 Å². The molecule has 1 saturated heterocycles. The van der Waals surface area contributed by atoms with Crippen LogP contribution in [-0.4, -0.2) is 25.7 Å². The van der Waals surface area contributed by atoms with Crippen molar-refractivity contribution >= 4 is 5.91 Å². The Balaban J connectivity index is 1.71. The van der Waals surface area contributed by atoms with Crippen molar-refractivity contribution in [1.29, 1.82) is 0 Å². The molecular formula is C8H13NO2. The Morgan fingerprint density at radius 3 is 2.73 bits per heavy atom. The largest absolute Gasteiger partial charge is 0.381 e. The summed E-state index contributed by atoms with van der Waals surface area (Å²) in [5, 5.41) is 2.84. The third-order valence-electron chi connectivity index (χ3n) is 2.72. The van der Waals surface area contributed by atoms with Gasteiger partial charge in [-0.3, -0.25) is 4.79 Å². The molecule has 1 amide bonds. The molecule has 1 saturated carbocycles. The maximum absolute atomic E-state index is 10.6. The number of ether oxygens (including phenoxy) is 1. The number of hydrogen-bond acceptors (Lipinski definition) is 2. The van der Waals surface area contributed by atoms with Gasteiger partial charge in [-0.1, -0.05) is 0 Å². The highest BCUT2D eigenvalue weighted by molar-refractivity contribution is 5.72. The van der Waals surface area contributed by atoms with Gasteiger partial charge in [-0.05, 0) is 17.8 Å². The van der Waals surface area contributed by atoms with Crippen molar-refractivity contribution in [1.82, 2.24) is 5.32 Å². The second kappa shape index (κ2) is 2.48. The lowest BCUT2D eigenvalue weighted by molar-refractivity contribution is -0.119. The number of nitrogens with one attached hydrogen (secondary N) is 1. The van der Waals surface area contributed by atoms with E-state index >= 15 is 0 Å². The monoisotopic (exact) mass is 155 g/mol. The molecule has 3 heteroatoms. The van der Waals surface area contributed by atoms with Crippen molar-refractivity contribution in [2.45, 2.75) is 6.92 Å². The Labute approximate surface area is 66.1 Å². The summed E-state index contributed by atoms with van der Waals surface area (Å²) >= 11 is 0. The highest BCUT2D eigenvalue weighted by Crippen LogP contribution is 2.50. The molecule has 0 aromatic heterocycles. The summed E-state index contributed by atoms with van der Waals surface area (Å²) in [6.45, 7) is 4.24. The third-order valence-corrected chi connectivity index (χ3v) is 2.72. The smallest absolute Gasteiger partial charge is 0.216 e. The Morgan fingerprint density at radius 2 is 2.18 bits per heavy atom. The molecule has 0 aromatic carbocycles. The molecule has 2 unspecified atom stereocenters. The van der Waals surface area contributed by atoms with Crippen molar-refractivity contribution in [3.8, 4) is 0 Å². The van der Waals surface area contributed by atoms with Crippen LogP contribution < -0.4 is 5.32 Å². The van der Waals surface area contributed by atoms with Crippen LogP contribution >= 0.6 is 0 Å². The van der Waals surface area contributed by atoms with E-state index in [2.05, 4.69) is 5.32 Å². The van der Waals surface area contributed by atoms with Crippen molar-refractivity contribution < 1.29 is 9.53 Å². The molecule has 11 heavy (non-hydrogen) atoms. The predicted octanol–water partition coefficient (Wildman–Crippen LogP) is 0.0149. The number of carbonyl (C=O) groups is 1. The molecule has 0 aromatic rings. The van der Waals surface area contributed by atoms with Gasteiger partial charge in [0.15, 0.2) is 0 Å². The molecule has 2 rings (SSSR count). The molecular weight excluding hydrogens is 142 g/mol. The Hall–Kier alpha value is -0.570. The van der Waals surface area contributed by atoms with Crippen molar-refractivity contribution in [2.75, 3.05) is 19.8 Å². The first-order valence-corrected chi connectivity index (χ1v) is 4.11. The van der Waals surface area contributed by atoms with Crippen LogP contribution in [0.4, 0.5) is 0 Å². The normalized spacial score (nSPS) is 39.9. The summed E-state index contributed by atoms with van der Waals surface area (Å²) < 4.78 is 5.23. The first-order chi connectivity index (χ1) is 5.29. The van der Waals surface area contributed by atoms with E-state index in [1.54, 1.807) is 6.92 Å². The minimum atomic E-state index is 0.0795. The maximum atomic E-state index is 10.6. The van der Waals surface area contributed by atoms with Crippen molar-refractivity contribution in [2.24, 2.45) is 17.8 Å². The summed E-state index contributed by atoms with van der Waals surface area (Å²) in [6.07, 6.45) is 0. The Morgan fingerprint density at radius 1 is 1.55 bits per heavy atom. The maximum Gasteiger partial charge on any atom is 0.216 e. The molecule has 0 radical (unpaired) electrons. The summed E-state index contributed by atoms with van der Waals surface area (Å²) in [6, 6.07) is 0. The quantitative estimate of drug-likeness (QED) is 0.610. The van der Waals surface area contributed by atoms with Gasteiger partial charge in [0.2, 0.25) is 5.91 Å². The predicted molar refractivity (Wildman–Crippen MR) is 40.0 cm³/mol. The van der Waals surface area contributed by atoms with Crippen LogP contribution in [0.3, 0.4) is 0 Å². The van der Waals surface area contributed by atoms with Crippen LogP contribution in [0.2, 0.25) is 0 Å². The van der Waals surface area contributed by atoms with E-state index in [4.69, 9.17) is 4.74 Å². The minimum Gasteiger partial charge on any atom is -0.381 e. The standard InChI is InChI=1S/C8H13NO2/c1-5(10)9-2-6-7-3-11-4-8(6)7/h6-8H,2-4H2,1H3,(H,9,10). The van der Waals surface area contributed by atoms with Gasteiger partial charge in [-0.15, -0.1) is 0 Å². The van der Waals surface area contributed by atoms with Gasteiger partial charge >= 0.3 is 0 Å². The van der Waals surface area contributed by atoms with Gasteiger partial charge in [0.25, 0.3) is 0 Å². The summed E-state index contributed by atoms with van der Waals surface area (Å²) in [4.78, 5) is 10.6. The summed E-state index contributed by atoms with van der Waals surface area (Å²) in [5.41, 5.74) is 0. The van der Waals surface area contributed by atoms with Gasteiger partial charge in [0.1, 0.15) is 0 Å². The average Bonchev–Trinajstić information content (AvgIpc) is 2.44. The fourth-order valence-corrected chi connectivity index (χ4v) is 1.92. The second-order valence-electron chi connectivity index (χ2n) is 3.47. The van der Waals surface area contributed by atoms with E-state index in [1.165, 1.54) is 0 Å². The van der Waals surface area contributed by atoms with Gasteiger partial charge in [-0.2, -0.15) is 0 Å². The lowest BCUT2D eigenvalue weighted by Gasteiger charge is -2.03. The number of fused-ring (bicyclic) bond motifs is 1. The number of amides is 1. The van der Waals surface area contributed by atoms with Gasteiger partial charge in [-0.25, -0.2) is 0 Å². The fourth-order valence-electron chi connectivity index (χ4n) is 1.92.